The molecule has 56 valence electrons. The molecule has 0 radical (unpaired) electrons. The van der Waals surface area contributed by atoms with Gasteiger partial charge in [-0.15, -0.1) is 0 Å². The predicted octanol–water partition coefficient (Wildman–Crippen LogP) is -1.14. The number of nitrogens with zero attached hydrogens (tertiary/aromatic N) is 1. The van der Waals surface area contributed by atoms with Crippen molar-refractivity contribution >= 4 is 0 Å². The minimum atomic E-state index is -0.511. The molecule has 2 N–H and O–H groups in total. The fourth-order valence-corrected chi connectivity index (χ4v) is 0.808. The van der Waals surface area contributed by atoms with Gasteiger partial charge in [0, 0.05) is 6.54 Å². The minimum absolute atomic E-state index is 0.0590. The molecule has 1 fully saturated rings. The highest BCUT2D eigenvalue weighted by atomic mass is 16.5. The van der Waals surface area contributed by atoms with Gasteiger partial charge in [-0.25, -0.2) is 0 Å². The van der Waals surface area contributed by atoms with Crippen LogP contribution in [0.1, 0.15) is 0 Å². The molecule has 0 atom stereocenters. The summed E-state index contributed by atoms with van der Waals surface area (Å²) in [4.78, 5) is 0. The Labute approximate surface area is 59.4 Å². The van der Waals surface area contributed by atoms with Gasteiger partial charge >= 0.3 is 0 Å². The molecule has 1 rings (SSSR count). The molecule has 1 aliphatic heterocycles. The standard InChI is InChI=1S/C6H10N2O2/c7-3-6(4-10-5-6)8-1-2-9/h8-9H,1-2,4-5H2. The Hall–Kier alpha value is -0.630. The third kappa shape index (κ3) is 1.27. The lowest BCUT2D eigenvalue weighted by atomic mass is 10.0. The number of aliphatic hydroxyl groups is 1. The monoisotopic (exact) mass is 142 g/mol. The number of ether oxygens (including phenoxy) is 1. The van der Waals surface area contributed by atoms with Gasteiger partial charge in [0.15, 0.2) is 5.54 Å². The number of hydrogen-bond acceptors (Lipinski definition) is 4. The summed E-state index contributed by atoms with van der Waals surface area (Å²) in [5.41, 5.74) is -0.511. The van der Waals surface area contributed by atoms with E-state index in [0.717, 1.165) is 0 Å². The van der Waals surface area contributed by atoms with Crippen LogP contribution in [0.4, 0.5) is 0 Å². The van der Waals surface area contributed by atoms with Gasteiger partial charge in [-0.3, -0.25) is 5.32 Å². The van der Waals surface area contributed by atoms with Crippen LogP contribution in [-0.4, -0.2) is 37.0 Å². The maximum atomic E-state index is 8.59. The highest BCUT2D eigenvalue weighted by Gasteiger charge is 2.37. The van der Waals surface area contributed by atoms with E-state index in [1.165, 1.54) is 0 Å². The Balaban J connectivity index is 2.29. The van der Waals surface area contributed by atoms with E-state index >= 15 is 0 Å². The van der Waals surface area contributed by atoms with Gasteiger partial charge in [0.1, 0.15) is 0 Å². The molecule has 1 aliphatic rings. The van der Waals surface area contributed by atoms with Gasteiger partial charge in [-0.05, 0) is 0 Å². The molecule has 4 nitrogen and oxygen atoms in total. The molecule has 0 saturated carbocycles. The van der Waals surface area contributed by atoms with E-state index in [1.807, 2.05) is 0 Å². The van der Waals surface area contributed by atoms with Crippen molar-refractivity contribution in [3.63, 3.8) is 0 Å². The van der Waals surface area contributed by atoms with Crippen LogP contribution >= 0.6 is 0 Å². The zero-order valence-corrected chi connectivity index (χ0v) is 5.63. The molecule has 10 heavy (non-hydrogen) atoms. The summed E-state index contributed by atoms with van der Waals surface area (Å²) >= 11 is 0. The van der Waals surface area contributed by atoms with E-state index in [2.05, 4.69) is 11.4 Å². The van der Waals surface area contributed by atoms with Gasteiger partial charge in [0.05, 0.1) is 25.9 Å². The molecule has 0 aromatic carbocycles. The summed E-state index contributed by atoms with van der Waals surface area (Å²) in [6, 6.07) is 2.10. The van der Waals surface area contributed by atoms with Crippen molar-refractivity contribution in [1.29, 1.82) is 5.26 Å². The van der Waals surface area contributed by atoms with Crippen LogP contribution in [0.3, 0.4) is 0 Å². The fraction of sp³-hybridized carbons (Fsp3) is 0.833. The van der Waals surface area contributed by atoms with Crippen LogP contribution < -0.4 is 5.32 Å². The maximum absolute atomic E-state index is 8.59. The van der Waals surface area contributed by atoms with Crippen molar-refractivity contribution in [2.24, 2.45) is 0 Å². The minimum Gasteiger partial charge on any atom is -0.395 e. The molecule has 0 aliphatic carbocycles. The first-order valence-electron chi connectivity index (χ1n) is 3.18. The summed E-state index contributed by atoms with van der Waals surface area (Å²) in [7, 11) is 0. The first-order valence-corrected chi connectivity index (χ1v) is 3.18. The molecule has 0 amide bonds. The molecular formula is C6H10N2O2. The summed E-state index contributed by atoms with van der Waals surface area (Å²) < 4.78 is 4.86. The van der Waals surface area contributed by atoms with E-state index in [1.54, 1.807) is 0 Å². The van der Waals surface area contributed by atoms with Gasteiger partial charge < -0.3 is 9.84 Å². The second-order valence-electron chi connectivity index (χ2n) is 2.34. The lowest BCUT2D eigenvalue weighted by Gasteiger charge is -2.35. The summed E-state index contributed by atoms with van der Waals surface area (Å²) in [5, 5.41) is 19.9. The van der Waals surface area contributed by atoms with E-state index in [4.69, 9.17) is 15.1 Å². The number of rotatable bonds is 3. The third-order valence-electron chi connectivity index (χ3n) is 1.49. The van der Waals surface area contributed by atoms with Crippen molar-refractivity contribution in [3.05, 3.63) is 0 Å². The SMILES string of the molecule is N#CC1(NCCO)COC1. The number of nitrogens with one attached hydrogen (secondary N) is 1. The Morgan fingerprint density at radius 2 is 2.40 bits per heavy atom. The Kier molecular flexibility index (Phi) is 2.22. The number of aliphatic hydroxyl groups excluding tert-OH is 1. The van der Waals surface area contributed by atoms with Crippen LogP contribution in [0.5, 0.6) is 0 Å². The molecule has 0 unspecified atom stereocenters. The quantitative estimate of drug-likeness (QED) is 0.523. The van der Waals surface area contributed by atoms with Gasteiger partial charge in [-0.2, -0.15) is 5.26 Å². The van der Waals surface area contributed by atoms with Crippen LogP contribution in [0, 0.1) is 11.3 Å². The summed E-state index contributed by atoms with van der Waals surface area (Å²) in [6.45, 7) is 1.38. The predicted molar refractivity (Wildman–Crippen MR) is 34.3 cm³/mol. The lowest BCUT2D eigenvalue weighted by molar-refractivity contribution is -0.0446. The van der Waals surface area contributed by atoms with Crippen molar-refractivity contribution in [3.8, 4) is 6.07 Å². The average molecular weight is 142 g/mol. The fourth-order valence-electron chi connectivity index (χ4n) is 0.808. The average Bonchev–Trinajstić information content (AvgIpc) is 1.87. The third-order valence-corrected chi connectivity index (χ3v) is 1.49. The maximum Gasteiger partial charge on any atom is 0.153 e. The number of β-amino-alcohol motifs (C(OH)–C–C–N with tert-alkyl or cyclic N) is 1. The Bertz CT molecular complexity index is 148. The molecule has 4 heteroatoms. The molecule has 1 saturated heterocycles. The van der Waals surface area contributed by atoms with Crippen molar-refractivity contribution < 1.29 is 9.84 Å². The highest BCUT2D eigenvalue weighted by molar-refractivity contribution is 5.11. The van der Waals surface area contributed by atoms with Crippen molar-refractivity contribution in [2.75, 3.05) is 26.4 Å². The van der Waals surface area contributed by atoms with Crippen molar-refractivity contribution in [1.82, 2.24) is 5.32 Å². The van der Waals surface area contributed by atoms with Crippen LogP contribution in [0.15, 0.2) is 0 Å². The van der Waals surface area contributed by atoms with Crippen LogP contribution in [0.2, 0.25) is 0 Å². The molecule has 0 aromatic heterocycles. The molecule has 0 bridgehead atoms. The molecule has 0 aromatic rings. The second-order valence-corrected chi connectivity index (χ2v) is 2.34. The topological polar surface area (TPSA) is 65.3 Å². The lowest BCUT2D eigenvalue weighted by Crippen LogP contribution is -2.59. The second kappa shape index (κ2) is 2.97. The zero-order chi connectivity index (χ0) is 7.45. The van der Waals surface area contributed by atoms with E-state index in [-0.39, 0.29) is 6.61 Å². The Morgan fingerprint density at radius 3 is 2.70 bits per heavy atom. The van der Waals surface area contributed by atoms with E-state index in [9.17, 15) is 0 Å². The summed E-state index contributed by atoms with van der Waals surface area (Å²) in [6.07, 6.45) is 0. The van der Waals surface area contributed by atoms with Crippen LogP contribution in [-0.2, 0) is 4.74 Å². The van der Waals surface area contributed by atoms with E-state index in [0.29, 0.717) is 19.8 Å². The molecule has 1 heterocycles. The first-order chi connectivity index (χ1) is 4.83. The summed E-state index contributed by atoms with van der Waals surface area (Å²) in [5.74, 6) is 0. The highest BCUT2D eigenvalue weighted by Crippen LogP contribution is 2.14. The van der Waals surface area contributed by atoms with Gasteiger partial charge in [0.2, 0.25) is 0 Å². The van der Waals surface area contributed by atoms with Crippen LogP contribution in [0.25, 0.3) is 0 Å². The molecular weight excluding hydrogens is 132 g/mol. The Morgan fingerprint density at radius 1 is 1.70 bits per heavy atom. The zero-order valence-electron chi connectivity index (χ0n) is 5.63. The largest absolute Gasteiger partial charge is 0.395 e. The van der Waals surface area contributed by atoms with Gasteiger partial charge in [0.25, 0.3) is 0 Å². The smallest absolute Gasteiger partial charge is 0.153 e. The van der Waals surface area contributed by atoms with Gasteiger partial charge in [-0.1, -0.05) is 0 Å². The number of nitriles is 1. The van der Waals surface area contributed by atoms with Crippen molar-refractivity contribution in [2.45, 2.75) is 5.54 Å². The van der Waals surface area contributed by atoms with E-state index < -0.39 is 5.54 Å². The molecule has 0 spiro atoms. The first kappa shape index (κ1) is 7.48. The number of hydrogen-bond donors (Lipinski definition) is 2. The normalized spacial score (nSPS) is 21.2.